The first-order chi connectivity index (χ1) is 18.0. The number of aryl methyl sites for hydroxylation is 2. The third-order valence-electron chi connectivity index (χ3n) is 9.76. The van der Waals surface area contributed by atoms with Crippen LogP contribution in [0.1, 0.15) is 66.3 Å². The Morgan fingerprint density at radius 2 is 1.89 bits per heavy atom. The molecule has 3 unspecified atom stereocenters. The van der Waals surface area contributed by atoms with Gasteiger partial charge in [0.1, 0.15) is 5.82 Å². The van der Waals surface area contributed by atoms with Crippen molar-refractivity contribution in [1.29, 1.82) is 0 Å². The second kappa shape index (κ2) is 8.70. The number of benzene rings is 3. The molecule has 188 valence electrons. The highest BCUT2D eigenvalue weighted by atomic mass is 15.2. The zero-order chi connectivity index (χ0) is 25.1. The van der Waals surface area contributed by atoms with Crippen LogP contribution in [0.25, 0.3) is 28.5 Å². The van der Waals surface area contributed by atoms with Gasteiger partial charge in [-0.25, -0.2) is 4.98 Å². The minimum absolute atomic E-state index is 0.243. The lowest BCUT2D eigenvalue weighted by Gasteiger charge is -2.46. The number of fused-ring (bicyclic) bond motifs is 3. The van der Waals surface area contributed by atoms with E-state index in [2.05, 4.69) is 103 Å². The molecule has 1 aliphatic heterocycles. The average molecular weight is 488 g/mol. The minimum atomic E-state index is 0.243. The van der Waals surface area contributed by atoms with Crippen molar-refractivity contribution in [3.8, 4) is 11.4 Å². The summed E-state index contributed by atoms with van der Waals surface area (Å²) in [6, 6.07) is 23.2. The molecule has 4 atom stereocenters. The van der Waals surface area contributed by atoms with Gasteiger partial charge in [-0.1, -0.05) is 61.5 Å². The second-order valence-corrected chi connectivity index (χ2v) is 11.9. The van der Waals surface area contributed by atoms with Gasteiger partial charge < -0.3 is 9.88 Å². The van der Waals surface area contributed by atoms with E-state index >= 15 is 0 Å². The lowest BCUT2D eigenvalue weighted by Crippen LogP contribution is -2.50. The van der Waals surface area contributed by atoms with Crippen LogP contribution in [-0.2, 0) is 5.41 Å². The second-order valence-electron chi connectivity index (χ2n) is 11.9. The molecule has 0 bridgehead atoms. The largest absolute Gasteiger partial charge is 0.338 e. The van der Waals surface area contributed by atoms with Crippen LogP contribution in [0.5, 0.6) is 0 Å². The van der Waals surface area contributed by atoms with Gasteiger partial charge in [0.2, 0.25) is 0 Å². The number of piperidine rings is 1. The molecule has 7 rings (SSSR count). The molecule has 1 saturated carbocycles. The fourth-order valence-electron chi connectivity index (χ4n) is 7.67. The molecule has 37 heavy (non-hydrogen) atoms. The SMILES string of the molecule is Cc1ccc2nc(-c3ccc(C4CCC(N5CCC6(C=Cc7ccccc76)[C@@H](C)C5)C4)c(C)c3)[nH]c2c1. The molecule has 3 aromatic carbocycles. The molecule has 4 aromatic rings. The number of aromatic amines is 1. The Bertz CT molecular complexity index is 1510. The Labute approximate surface area is 220 Å². The normalized spacial score (nSPS) is 27.4. The zero-order valence-corrected chi connectivity index (χ0v) is 22.3. The van der Waals surface area contributed by atoms with Gasteiger partial charge in [-0.15, -0.1) is 0 Å². The summed E-state index contributed by atoms with van der Waals surface area (Å²) in [6.45, 7) is 9.31. The topological polar surface area (TPSA) is 31.9 Å². The van der Waals surface area contributed by atoms with Crippen LogP contribution in [0, 0.1) is 19.8 Å². The van der Waals surface area contributed by atoms with Gasteiger partial charge in [0.15, 0.2) is 0 Å². The number of nitrogens with one attached hydrogen (secondary N) is 1. The first-order valence-corrected chi connectivity index (χ1v) is 14.1. The van der Waals surface area contributed by atoms with Gasteiger partial charge in [0, 0.05) is 23.6 Å². The maximum Gasteiger partial charge on any atom is 0.138 e. The van der Waals surface area contributed by atoms with Crippen LogP contribution in [0.15, 0.2) is 66.7 Å². The van der Waals surface area contributed by atoms with E-state index < -0.39 is 0 Å². The van der Waals surface area contributed by atoms with Gasteiger partial charge in [-0.05, 0) is 104 Å². The molecular formula is C34H37N3. The molecular weight excluding hydrogens is 450 g/mol. The van der Waals surface area contributed by atoms with Crippen molar-refractivity contribution in [3.63, 3.8) is 0 Å². The molecule has 3 aliphatic rings. The molecule has 2 heterocycles. The Hall–Kier alpha value is -3.17. The van der Waals surface area contributed by atoms with E-state index in [1.165, 1.54) is 66.6 Å². The molecule has 1 aromatic heterocycles. The highest BCUT2D eigenvalue weighted by Crippen LogP contribution is 2.48. The molecule has 2 fully saturated rings. The maximum absolute atomic E-state index is 4.85. The quantitative estimate of drug-likeness (QED) is 0.320. The number of likely N-dealkylation sites (tertiary alicyclic amines) is 1. The van der Waals surface area contributed by atoms with Gasteiger partial charge in [0.25, 0.3) is 0 Å². The van der Waals surface area contributed by atoms with E-state index in [0.717, 1.165) is 16.9 Å². The Balaban J connectivity index is 1.05. The number of rotatable bonds is 3. The van der Waals surface area contributed by atoms with Crippen molar-refractivity contribution in [3.05, 3.63) is 94.6 Å². The predicted octanol–water partition coefficient (Wildman–Crippen LogP) is 7.79. The van der Waals surface area contributed by atoms with Crippen molar-refractivity contribution in [2.75, 3.05) is 13.1 Å². The lowest BCUT2D eigenvalue weighted by molar-refractivity contribution is 0.0898. The summed E-state index contributed by atoms with van der Waals surface area (Å²) in [5.74, 6) is 2.28. The van der Waals surface area contributed by atoms with Gasteiger partial charge in [-0.2, -0.15) is 0 Å². The fraction of sp³-hybridized carbons (Fsp3) is 0.382. The van der Waals surface area contributed by atoms with Crippen molar-refractivity contribution in [2.45, 2.75) is 63.8 Å². The lowest BCUT2D eigenvalue weighted by atomic mass is 9.68. The summed E-state index contributed by atoms with van der Waals surface area (Å²) in [5, 5.41) is 0. The standard InChI is InChI=1S/C34H37N3/c1-22-8-13-31-32(18-22)36-33(35-31)27-10-12-29(23(2)19-27)26-9-11-28(20-26)37-17-16-34(24(3)21-37)15-14-25-6-4-5-7-30(25)34/h4-8,10,12-15,18-19,24,26,28H,9,11,16-17,20-21H2,1-3H3,(H,35,36)/t24-,26?,28?,34?/m0/s1. The molecule has 1 saturated heterocycles. The van der Waals surface area contributed by atoms with Crippen LogP contribution in [0.3, 0.4) is 0 Å². The molecule has 3 heteroatoms. The van der Waals surface area contributed by atoms with E-state index in [1.54, 1.807) is 5.56 Å². The third-order valence-corrected chi connectivity index (χ3v) is 9.76. The van der Waals surface area contributed by atoms with E-state index in [4.69, 9.17) is 4.98 Å². The van der Waals surface area contributed by atoms with E-state index in [-0.39, 0.29) is 5.41 Å². The first-order valence-electron chi connectivity index (χ1n) is 14.1. The number of hydrogen-bond donors (Lipinski definition) is 1. The van der Waals surface area contributed by atoms with Crippen LogP contribution in [0.4, 0.5) is 0 Å². The number of imidazole rings is 1. The number of H-pyrrole nitrogens is 1. The smallest absolute Gasteiger partial charge is 0.138 e. The summed E-state index contributed by atoms with van der Waals surface area (Å²) in [7, 11) is 0. The van der Waals surface area contributed by atoms with Gasteiger partial charge >= 0.3 is 0 Å². The minimum Gasteiger partial charge on any atom is -0.338 e. The molecule has 3 nitrogen and oxygen atoms in total. The van der Waals surface area contributed by atoms with Crippen molar-refractivity contribution in [2.24, 2.45) is 5.92 Å². The summed E-state index contributed by atoms with van der Waals surface area (Å²) in [5.41, 5.74) is 10.8. The van der Waals surface area contributed by atoms with Crippen LogP contribution in [-0.4, -0.2) is 34.0 Å². The van der Waals surface area contributed by atoms with Crippen LogP contribution < -0.4 is 0 Å². The van der Waals surface area contributed by atoms with Crippen molar-refractivity contribution in [1.82, 2.24) is 14.9 Å². The first kappa shape index (κ1) is 23.0. The summed E-state index contributed by atoms with van der Waals surface area (Å²) in [6.07, 6.45) is 10.0. The number of allylic oxidation sites excluding steroid dienone is 1. The van der Waals surface area contributed by atoms with E-state index in [1.807, 2.05) is 0 Å². The Kier molecular flexibility index (Phi) is 5.40. The highest BCUT2D eigenvalue weighted by Gasteiger charge is 2.45. The fourth-order valence-corrected chi connectivity index (χ4v) is 7.67. The Morgan fingerprint density at radius 1 is 1.00 bits per heavy atom. The zero-order valence-electron chi connectivity index (χ0n) is 22.3. The highest BCUT2D eigenvalue weighted by molar-refractivity contribution is 5.80. The summed E-state index contributed by atoms with van der Waals surface area (Å²) in [4.78, 5) is 11.2. The monoisotopic (exact) mass is 487 g/mol. The van der Waals surface area contributed by atoms with Crippen LogP contribution >= 0.6 is 0 Å². The Morgan fingerprint density at radius 3 is 2.76 bits per heavy atom. The van der Waals surface area contributed by atoms with Gasteiger partial charge in [-0.3, -0.25) is 0 Å². The average Bonchev–Trinajstić information content (AvgIpc) is 3.64. The molecule has 1 spiro atoms. The van der Waals surface area contributed by atoms with Gasteiger partial charge in [0.05, 0.1) is 11.0 Å². The predicted molar refractivity (Wildman–Crippen MR) is 154 cm³/mol. The third kappa shape index (κ3) is 3.78. The molecule has 0 amide bonds. The summed E-state index contributed by atoms with van der Waals surface area (Å²) < 4.78 is 0. The summed E-state index contributed by atoms with van der Waals surface area (Å²) >= 11 is 0. The van der Waals surface area contributed by atoms with E-state index in [9.17, 15) is 0 Å². The molecule has 1 N–H and O–H groups in total. The van der Waals surface area contributed by atoms with E-state index in [0.29, 0.717) is 17.9 Å². The van der Waals surface area contributed by atoms with Crippen molar-refractivity contribution < 1.29 is 0 Å². The maximum atomic E-state index is 4.85. The number of aromatic nitrogens is 2. The molecule has 2 aliphatic carbocycles. The number of hydrogen-bond acceptors (Lipinski definition) is 2. The number of nitrogens with zero attached hydrogens (tertiary/aromatic N) is 2. The van der Waals surface area contributed by atoms with Crippen LogP contribution in [0.2, 0.25) is 0 Å². The molecule has 0 radical (unpaired) electrons. The van der Waals surface area contributed by atoms with Crippen molar-refractivity contribution >= 4 is 17.1 Å².